The van der Waals surface area contributed by atoms with Gasteiger partial charge >= 0.3 is 0 Å². The van der Waals surface area contributed by atoms with Gasteiger partial charge in [-0.05, 0) is 25.8 Å². The van der Waals surface area contributed by atoms with E-state index >= 15 is 0 Å². The number of nitrogens with zero attached hydrogens (tertiary/aromatic N) is 5. The average Bonchev–Trinajstić information content (AvgIpc) is 3.17. The maximum Gasteiger partial charge on any atom is 0.189 e. The fraction of sp³-hybridized carbons (Fsp3) is 0.538. The highest BCUT2D eigenvalue weighted by molar-refractivity contribution is 5.84. The number of aromatic nitrogens is 6. The van der Waals surface area contributed by atoms with Crippen LogP contribution in [0.1, 0.15) is 38.4 Å². The van der Waals surface area contributed by atoms with E-state index < -0.39 is 0 Å². The molecule has 7 heteroatoms. The Morgan fingerprint density at radius 1 is 1.35 bits per heavy atom. The Kier molecular flexibility index (Phi) is 2.50. The minimum absolute atomic E-state index is 0.0659. The topological polar surface area (TPSA) is 83.8 Å². The molecule has 20 heavy (non-hydrogen) atoms. The molecular weight excluding hydrogens is 254 g/mol. The van der Waals surface area contributed by atoms with Gasteiger partial charge in [-0.3, -0.25) is 4.40 Å². The molecule has 0 aromatic carbocycles. The Balaban J connectivity index is 1.95. The number of fused-ring (bicyclic) bond motifs is 3. The van der Waals surface area contributed by atoms with Gasteiger partial charge in [-0.15, -0.1) is 10.2 Å². The van der Waals surface area contributed by atoms with Crippen LogP contribution in [0.4, 0.5) is 0 Å². The lowest BCUT2D eigenvalue weighted by Gasteiger charge is -2.27. The van der Waals surface area contributed by atoms with Gasteiger partial charge < -0.3 is 10.3 Å². The quantitative estimate of drug-likeness (QED) is 0.752. The van der Waals surface area contributed by atoms with Crippen molar-refractivity contribution in [3.8, 4) is 0 Å². The summed E-state index contributed by atoms with van der Waals surface area (Å²) in [5.41, 5.74) is 2.26. The summed E-state index contributed by atoms with van der Waals surface area (Å²) in [5, 5.41) is 12.4. The van der Waals surface area contributed by atoms with Crippen LogP contribution in [0.5, 0.6) is 0 Å². The van der Waals surface area contributed by atoms with Gasteiger partial charge in [-0.2, -0.15) is 0 Å². The van der Waals surface area contributed by atoms with Crippen LogP contribution in [-0.4, -0.2) is 36.1 Å². The van der Waals surface area contributed by atoms with Crippen LogP contribution in [0.15, 0.2) is 12.7 Å². The number of imidazole rings is 1. The first-order chi connectivity index (χ1) is 9.84. The highest BCUT2D eigenvalue weighted by Gasteiger charge is 2.38. The summed E-state index contributed by atoms with van der Waals surface area (Å²) in [7, 11) is 0. The summed E-state index contributed by atoms with van der Waals surface area (Å²) >= 11 is 0. The van der Waals surface area contributed by atoms with Gasteiger partial charge in [0.25, 0.3) is 0 Å². The maximum atomic E-state index is 4.46. The molecule has 0 amide bonds. The second-order valence-electron chi connectivity index (χ2n) is 5.43. The molecule has 1 aliphatic rings. The van der Waals surface area contributed by atoms with Gasteiger partial charge in [0.1, 0.15) is 11.8 Å². The lowest BCUT2D eigenvalue weighted by molar-refractivity contribution is 0.331. The molecule has 104 valence electrons. The number of H-pyrrole nitrogens is 1. The standard InChI is InChI=1S/C13H17N7/c1-2-4-13(5-3-6-17-13)12-19-18-11-9-10(15-7-14-9)16-8-20(11)12/h7-8,17H,2-6H2,1H3,(H,14,15). The fourth-order valence-electron chi connectivity index (χ4n) is 3.31. The van der Waals surface area contributed by atoms with Crippen molar-refractivity contribution in [3.05, 3.63) is 18.5 Å². The van der Waals surface area contributed by atoms with E-state index in [2.05, 4.69) is 37.4 Å². The number of nitrogens with one attached hydrogen (secondary N) is 2. The summed E-state index contributed by atoms with van der Waals surface area (Å²) in [5.74, 6) is 0.968. The fourth-order valence-corrected chi connectivity index (χ4v) is 3.31. The van der Waals surface area contributed by atoms with Crippen LogP contribution >= 0.6 is 0 Å². The van der Waals surface area contributed by atoms with E-state index in [1.54, 1.807) is 12.7 Å². The molecule has 3 aromatic heterocycles. The molecule has 2 N–H and O–H groups in total. The summed E-state index contributed by atoms with van der Waals surface area (Å²) in [6, 6.07) is 0. The Hall–Kier alpha value is -2.02. The molecule has 0 bridgehead atoms. The van der Waals surface area contributed by atoms with E-state index in [1.165, 1.54) is 6.42 Å². The summed E-state index contributed by atoms with van der Waals surface area (Å²) in [6.45, 7) is 3.24. The molecule has 0 aliphatic carbocycles. The zero-order valence-electron chi connectivity index (χ0n) is 11.4. The van der Waals surface area contributed by atoms with Crippen LogP contribution < -0.4 is 5.32 Å². The first-order valence-electron chi connectivity index (χ1n) is 7.12. The number of rotatable bonds is 3. The van der Waals surface area contributed by atoms with Crippen molar-refractivity contribution >= 4 is 16.8 Å². The van der Waals surface area contributed by atoms with Crippen LogP contribution in [0.2, 0.25) is 0 Å². The summed E-state index contributed by atoms with van der Waals surface area (Å²) in [6.07, 6.45) is 7.88. The van der Waals surface area contributed by atoms with Crippen molar-refractivity contribution in [2.45, 2.75) is 38.1 Å². The molecule has 3 aromatic rings. The van der Waals surface area contributed by atoms with E-state index in [-0.39, 0.29) is 5.54 Å². The highest BCUT2D eigenvalue weighted by Crippen LogP contribution is 2.34. The van der Waals surface area contributed by atoms with E-state index in [9.17, 15) is 0 Å². The molecule has 1 fully saturated rings. The van der Waals surface area contributed by atoms with E-state index in [0.717, 1.165) is 42.8 Å². The van der Waals surface area contributed by atoms with E-state index in [4.69, 9.17) is 0 Å². The Bertz CT molecular complexity index is 750. The second kappa shape index (κ2) is 4.24. The third-order valence-electron chi connectivity index (χ3n) is 4.18. The smallest absolute Gasteiger partial charge is 0.189 e. The lowest BCUT2D eigenvalue weighted by Crippen LogP contribution is -2.38. The molecule has 1 aliphatic heterocycles. The molecule has 1 saturated heterocycles. The van der Waals surface area contributed by atoms with E-state index in [0.29, 0.717) is 5.65 Å². The van der Waals surface area contributed by atoms with Crippen molar-refractivity contribution in [2.75, 3.05) is 6.54 Å². The Morgan fingerprint density at radius 2 is 2.30 bits per heavy atom. The zero-order valence-corrected chi connectivity index (χ0v) is 11.4. The molecule has 7 nitrogen and oxygen atoms in total. The molecule has 1 unspecified atom stereocenters. The van der Waals surface area contributed by atoms with Crippen molar-refractivity contribution in [1.29, 1.82) is 0 Å². The third-order valence-corrected chi connectivity index (χ3v) is 4.18. The zero-order chi connectivity index (χ0) is 13.6. The molecular formula is C13H17N7. The minimum atomic E-state index is -0.0659. The summed E-state index contributed by atoms with van der Waals surface area (Å²) in [4.78, 5) is 11.6. The van der Waals surface area contributed by atoms with Gasteiger partial charge in [0.2, 0.25) is 0 Å². The molecule has 4 rings (SSSR count). The number of hydrogen-bond donors (Lipinski definition) is 2. The first-order valence-corrected chi connectivity index (χ1v) is 7.12. The minimum Gasteiger partial charge on any atom is -0.340 e. The van der Waals surface area contributed by atoms with Crippen LogP contribution in [0.25, 0.3) is 16.8 Å². The predicted molar refractivity (Wildman–Crippen MR) is 74.3 cm³/mol. The highest BCUT2D eigenvalue weighted by atomic mass is 15.3. The third kappa shape index (κ3) is 1.49. The number of hydrogen-bond acceptors (Lipinski definition) is 5. The molecule has 4 heterocycles. The Labute approximate surface area is 115 Å². The Morgan fingerprint density at radius 3 is 3.10 bits per heavy atom. The molecule has 1 atom stereocenters. The van der Waals surface area contributed by atoms with Crippen LogP contribution in [0.3, 0.4) is 0 Å². The average molecular weight is 271 g/mol. The SMILES string of the molecule is CCCC1(c2nnc3c4[nH]cnc4ncn23)CCCN1. The van der Waals surface area contributed by atoms with Gasteiger partial charge in [-0.25, -0.2) is 9.97 Å². The largest absolute Gasteiger partial charge is 0.340 e. The molecule has 0 radical (unpaired) electrons. The van der Waals surface area contributed by atoms with Crippen molar-refractivity contribution in [1.82, 2.24) is 34.9 Å². The van der Waals surface area contributed by atoms with Gasteiger partial charge in [-0.1, -0.05) is 13.3 Å². The van der Waals surface area contributed by atoms with Crippen molar-refractivity contribution < 1.29 is 0 Å². The molecule has 0 spiro atoms. The first kappa shape index (κ1) is 11.8. The van der Waals surface area contributed by atoms with Crippen molar-refractivity contribution in [3.63, 3.8) is 0 Å². The molecule has 0 saturated carbocycles. The monoisotopic (exact) mass is 271 g/mol. The van der Waals surface area contributed by atoms with Gasteiger partial charge in [0.15, 0.2) is 17.1 Å². The van der Waals surface area contributed by atoms with Crippen molar-refractivity contribution in [2.24, 2.45) is 0 Å². The van der Waals surface area contributed by atoms with Crippen LogP contribution in [-0.2, 0) is 5.54 Å². The summed E-state index contributed by atoms with van der Waals surface area (Å²) < 4.78 is 1.99. The van der Waals surface area contributed by atoms with Gasteiger partial charge in [0.05, 0.1) is 11.9 Å². The predicted octanol–water partition coefficient (Wildman–Crippen LogP) is 1.38. The number of aromatic amines is 1. The maximum absolute atomic E-state index is 4.46. The van der Waals surface area contributed by atoms with Crippen LogP contribution in [0, 0.1) is 0 Å². The second-order valence-corrected chi connectivity index (χ2v) is 5.43. The van der Waals surface area contributed by atoms with E-state index in [1.807, 2.05) is 4.40 Å². The normalized spacial score (nSPS) is 23.1. The lowest BCUT2D eigenvalue weighted by atomic mass is 9.91. The van der Waals surface area contributed by atoms with Gasteiger partial charge in [0, 0.05) is 0 Å².